The summed E-state index contributed by atoms with van der Waals surface area (Å²) < 4.78 is 1.18. The van der Waals surface area contributed by atoms with Gasteiger partial charge in [0.2, 0.25) is 5.91 Å². The molecule has 2 heterocycles. The van der Waals surface area contributed by atoms with Crippen LogP contribution in [0.4, 0.5) is 0 Å². The number of nitrogens with zero attached hydrogens (tertiary/aromatic N) is 3. The number of para-hydroxylation sites is 1. The van der Waals surface area contributed by atoms with E-state index in [0.717, 1.165) is 43.1 Å². The number of aliphatic hydroxyl groups is 1. The van der Waals surface area contributed by atoms with Crippen molar-refractivity contribution in [2.75, 3.05) is 32.7 Å². The van der Waals surface area contributed by atoms with Crippen LogP contribution in [0.3, 0.4) is 0 Å². The molecule has 1 atom stereocenters. The maximum absolute atomic E-state index is 12.4. The van der Waals surface area contributed by atoms with E-state index in [1.165, 1.54) is 4.70 Å². The van der Waals surface area contributed by atoms with E-state index >= 15 is 0 Å². The zero-order chi connectivity index (χ0) is 16.9. The summed E-state index contributed by atoms with van der Waals surface area (Å²) in [5, 5.41) is 10.8. The number of hydrogen-bond acceptors (Lipinski definition) is 5. The molecule has 1 fully saturated rings. The van der Waals surface area contributed by atoms with Crippen molar-refractivity contribution in [2.24, 2.45) is 0 Å². The van der Waals surface area contributed by atoms with Gasteiger partial charge in [-0.3, -0.25) is 9.69 Å². The van der Waals surface area contributed by atoms with Crippen LogP contribution in [0.15, 0.2) is 24.3 Å². The molecule has 3 rings (SSSR count). The van der Waals surface area contributed by atoms with E-state index in [4.69, 9.17) is 0 Å². The Balaban J connectivity index is 1.46. The second-order valence-electron chi connectivity index (χ2n) is 6.32. The molecule has 0 spiro atoms. The third-order valence-corrected chi connectivity index (χ3v) is 5.65. The summed E-state index contributed by atoms with van der Waals surface area (Å²) in [6.07, 6.45) is 1.76. The zero-order valence-corrected chi connectivity index (χ0v) is 15.0. The van der Waals surface area contributed by atoms with Crippen LogP contribution >= 0.6 is 11.3 Å². The van der Waals surface area contributed by atoms with Crippen LogP contribution in [-0.2, 0) is 11.2 Å². The number of thiazole rings is 1. The highest BCUT2D eigenvalue weighted by Crippen LogP contribution is 2.22. The lowest BCUT2D eigenvalue weighted by Gasteiger charge is -2.35. The Labute approximate surface area is 146 Å². The number of aliphatic hydroxyl groups excluding tert-OH is 1. The number of benzene rings is 1. The van der Waals surface area contributed by atoms with Crippen LogP contribution in [0.5, 0.6) is 0 Å². The molecular weight excluding hydrogens is 322 g/mol. The van der Waals surface area contributed by atoms with Gasteiger partial charge < -0.3 is 10.0 Å². The lowest BCUT2D eigenvalue weighted by Crippen LogP contribution is -2.50. The number of carbonyl (C=O) groups excluding carboxylic acids is 1. The van der Waals surface area contributed by atoms with Gasteiger partial charge in [0.25, 0.3) is 0 Å². The molecule has 130 valence electrons. The number of aromatic nitrogens is 1. The number of rotatable bonds is 6. The first-order chi connectivity index (χ1) is 11.7. The second-order valence-corrected chi connectivity index (χ2v) is 7.43. The largest absolute Gasteiger partial charge is 0.392 e. The number of fused-ring (bicyclic) bond motifs is 1. The van der Waals surface area contributed by atoms with Crippen molar-refractivity contribution in [3.63, 3.8) is 0 Å². The van der Waals surface area contributed by atoms with Gasteiger partial charge in [-0.2, -0.15) is 0 Å². The molecule has 1 aromatic heterocycles. The van der Waals surface area contributed by atoms with Crippen molar-refractivity contribution in [3.05, 3.63) is 29.3 Å². The minimum absolute atomic E-state index is 0.213. The fourth-order valence-electron chi connectivity index (χ4n) is 3.01. The van der Waals surface area contributed by atoms with Crippen molar-refractivity contribution in [2.45, 2.75) is 32.3 Å². The van der Waals surface area contributed by atoms with E-state index in [2.05, 4.69) is 16.0 Å². The quantitative estimate of drug-likeness (QED) is 0.870. The molecule has 1 N–H and O–H groups in total. The predicted molar refractivity (Wildman–Crippen MR) is 97.3 cm³/mol. The number of carbonyl (C=O) groups is 1. The van der Waals surface area contributed by atoms with E-state index in [0.29, 0.717) is 19.4 Å². The van der Waals surface area contributed by atoms with Gasteiger partial charge in [-0.25, -0.2) is 4.98 Å². The molecular formula is C18H25N3O2S. The molecule has 2 aromatic rings. The van der Waals surface area contributed by atoms with Crippen molar-refractivity contribution >= 4 is 27.5 Å². The fourth-order valence-corrected chi connectivity index (χ4v) is 3.97. The van der Waals surface area contributed by atoms with E-state index in [1.54, 1.807) is 11.3 Å². The Bertz CT molecular complexity index is 647. The summed E-state index contributed by atoms with van der Waals surface area (Å²) in [7, 11) is 0. The first-order valence-corrected chi connectivity index (χ1v) is 9.50. The lowest BCUT2D eigenvalue weighted by molar-refractivity contribution is -0.133. The maximum Gasteiger partial charge on any atom is 0.223 e. The molecule has 1 aromatic carbocycles. The van der Waals surface area contributed by atoms with Gasteiger partial charge >= 0.3 is 0 Å². The van der Waals surface area contributed by atoms with Gasteiger partial charge in [-0.05, 0) is 18.6 Å². The monoisotopic (exact) mass is 347 g/mol. The number of β-amino-alcohol motifs (C(OH)–C–C–N with tert-alkyl or cyclic N) is 1. The van der Waals surface area contributed by atoms with E-state index in [9.17, 15) is 9.90 Å². The van der Waals surface area contributed by atoms with Crippen LogP contribution in [0, 0.1) is 0 Å². The van der Waals surface area contributed by atoms with Gasteiger partial charge in [0.15, 0.2) is 0 Å². The van der Waals surface area contributed by atoms with Gasteiger partial charge in [0.05, 0.1) is 21.3 Å². The minimum Gasteiger partial charge on any atom is -0.392 e. The van der Waals surface area contributed by atoms with Crippen LogP contribution in [0.1, 0.15) is 24.8 Å². The molecule has 0 aliphatic carbocycles. The normalized spacial score (nSPS) is 17.3. The van der Waals surface area contributed by atoms with Crippen LogP contribution < -0.4 is 0 Å². The summed E-state index contributed by atoms with van der Waals surface area (Å²) in [4.78, 5) is 21.2. The lowest BCUT2D eigenvalue weighted by atomic mass is 10.2. The van der Waals surface area contributed by atoms with E-state index < -0.39 is 0 Å². The van der Waals surface area contributed by atoms with E-state index in [-0.39, 0.29) is 12.0 Å². The van der Waals surface area contributed by atoms with E-state index in [1.807, 2.05) is 30.0 Å². The molecule has 1 saturated heterocycles. The highest BCUT2D eigenvalue weighted by Gasteiger charge is 2.22. The van der Waals surface area contributed by atoms with Gasteiger partial charge in [-0.1, -0.05) is 19.1 Å². The number of hydrogen-bond donors (Lipinski definition) is 1. The average Bonchev–Trinajstić information content (AvgIpc) is 3.03. The minimum atomic E-state index is -0.258. The molecule has 1 amide bonds. The summed E-state index contributed by atoms with van der Waals surface area (Å²) in [6.45, 7) is 5.93. The van der Waals surface area contributed by atoms with Crippen LogP contribution in [0.2, 0.25) is 0 Å². The number of amides is 1. The summed E-state index contributed by atoms with van der Waals surface area (Å²) in [6, 6.07) is 8.10. The standard InChI is InChI=1S/C18H25N3O2S/c1-2-14(22)13-20-9-11-21(12-10-20)18(23)8-7-17-19-15-5-3-4-6-16(15)24-17/h3-6,14,22H,2,7-13H2,1H3/t14-/m1/s1. The summed E-state index contributed by atoms with van der Waals surface area (Å²) in [5.41, 5.74) is 1.02. The molecule has 0 saturated carbocycles. The smallest absolute Gasteiger partial charge is 0.223 e. The Morgan fingerprint density at radius 3 is 2.75 bits per heavy atom. The fraction of sp³-hybridized carbons (Fsp3) is 0.556. The number of piperazine rings is 1. The zero-order valence-electron chi connectivity index (χ0n) is 14.1. The van der Waals surface area contributed by atoms with Gasteiger partial charge in [0, 0.05) is 45.6 Å². The Hall–Kier alpha value is -1.50. The summed E-state index contributed by atoms with van der Waals surface area (Å²) >= 11 is 1.68. The van der Waals surface area contributed by atoms with Gasteiger partial charge in [0.1, 0.15) is 0 Å². The van der Waals surface area contributed by atoms with Crippen molar-refractivity contribution in [1.29, 1.82) is 0 Å². The van der Waals surface area contributed by atoms with Crippen molar-refractivity contribution in [3.8, 4) is 0 Å². The highest BCUT2D eigenvalue weighted by molar-refractivity contribution is 7.18. The SMILES string of the molecule is CC[C@@H](O)CN1CCN(C(=O)CCc2nc3ccccc3s2)CC1. The van der Waals surface area contributed by atoms with Crippen LogP contribution in [-0.4, -0.2) is 64.6 Å². The third kappa shape index (κ3) is 4.32. The highest BCUT2D eigenvalue weighted by atomic mass is 32.1. The molecule has 5 nitrogen and oxygen atoms in total. The molecule has 0 bridgehead atoms. The Kier molecular flexibility index (Phi) is 5.81. The van der Waals surface area contributed by atoms with Crippen molar-refractivity contribution in [1.82, 2.24) is 14.8 Å². The Morgan fingerprint density at radius 1 is 1.29 bits per heavy atom. The topological polar surface area (TPSA) is 56.7 Å². The van der Waals surface area contributed by atoms with Crippen LogP contribution in [0.25, 0.3) is 10.2 Å². The average molecular weight is 347 g/mol. The Morgan fingerprint density at radius 2 is 2.04 bits per heavy atom. The van der Waals surface area contributed by atoms with Gasteiger partial charge in [-0.15, -0.1) is 11.3 Å². The first kappa shape index (κ1) is 17.3. The maximum atomic E-state index is 12.4. The summed E-state index contributed by atoms with van der Waals surface area (Å²) in [5.74, 6) is 0.213. The molecule has 0 radical (unpaired) electrons. The molecule has 0 unspecified atom stereocenters. The molecule has 1 aliphatic rings. The first-order valence-electron chi connectivity index (χ1n) is 8.68. The molecule has 1 aliphatic heterocycles. The molecule has 24 heavy (non-hydrogen) atoms. The third-order valence-electron chi connectivity index (χ3n) is 4.56. The number of aryl methyl sites for hydroxylation is 1. The predicted octanol–water partition coefficient (Wildman–Crippen LogP) is 2.14. The molecule has 6 heteroatoms. The van der Waals surface area contributed by atoms with Crippen molar-refractivity contribution < 1.29 is 9.90 Å². The second kappa shape index (κ2) is 8.05.